The van der Waals surface area contributed by atoms with Gasteiger partial charge in [0.25, 0.3) is 5.91 Å². The molecule has 2 aromatic heterocycles. The maximum Gasteiger partial charge on any atom is 0.272 e. The lowest BCUT2D eigenvalue weighted by Crippen LogP contribution is -2.28. The van der Waals surface area contributed by atoms with Crippen LogP contribution < -0.4 is 5.32 Å². The quantitative estimate of drug-likeness (QED) is 0.932. The van der Waals surface area contributed by atoms with Crippen LogP contribution in [-0.4, -0.2) is 41.1 Å². The fourth-order valence-corrected chi connectivity index (χ4v) is 2.80. The number of pyridine rings is 1. The van der Waals surface area contributed by atoms with Crippen molar-refractivity contribution in [2.45, 2.75) is 25.3 Å². The first-order chi connectivity index (χ1) is 10.7. The predicted molar refractivity (Wildman–Crippen MR) is 81.4 cm³/mol. The van der Waals surface area contributed by atoms with Gasteiger partial charge in [-0.3, -0.25) is 9.78 Å². The number of carbonyl (C=O) groups excluding carboxylic acids is 1. The van der Waals surface area contributed by atoms with E-state index in [1.54, 1.807) is 24.2 Å². The second kappa shape index (κ2) is 6.70. The van der Waals surface area contributed by atoms with Gasteiger partial charge in [0, 0.05) is 19.3 Å². The van der Waals surface area contributed by atoms with E-state index >= 15 is 0 Å². The molecule has 1 aliphatic rings. The Morgan fingerprint density at radius 1 is 1.41 bits per heavy atom. The summed E-state index contributed by atoms with van der Waals surface area (Å²) in [7, 11) is 1.75. The van der Waals surface area contributed by atoms with Crippen LogP contribution >= 0.6 is 0 Å². The van der Waals surface area contributed by atoms with Crippen molar-refractivity contribution in [2.75, 3.05) is 20.1 Å². The van der Waals surface area contributed by atoms with Crippen molar-refractivity contribution in [2.24, 2.45) is 0 Å². The van der Waals surface area contributed by atoms with Gasteiger partial charge in [-0.25, -0.2) is 0 Å². The van der Waals surface area contributed by atoms with Crippen LogP contribution in [0, 0.1) is 0 Å². The molecule has 1 amide bonds. The molecule has 1 fully saturated rings. The van der Waals surface area contributed by atoms with Crippen LogP contribution in [-0.2, 0) is 6.54 Å². The van der Waals surface area contributed by atoms with E-state index in [0.717, 1.165) is 31.6 Å². The molecule has 2 aromatic rings. The van der Waals surface area contributed by atoms with E-state index in [2.05, 4.69) is 15.5 Å². The number of hydrogen-bond donors (Lipinski definition) is 1. The molecule has 22 heavy (non-hydrogen) atoms. The Kier molecular flexibility index (Phi) is 4.48. The number of carbonyl (C=O) groups is 1. The molecule has 1 N–H and O–H groups in total. The molecule has 0 bridgehead atoms. The molecule has 0 atom stereocenters. The summed E-state index contributed by atoms with van der Waals surface area (Å²) >= 11 is 0. The Hall–Kier alpha value is -2.21. The zero-order valence-corrected chi connectivity index (χ0v) is 12.7. The first-order valence-corrected chi connectivity index (χ1v) is 7.55. The number of rotatable bonds is 4. The monoisotopic (exact) mass is 300 g/mol. The van der Waals surface area contributed by atoms with Gasteiger partial charge >= 0.3 is 0 Å². The van der Waals surface area contributed by atoms with Crippen LogP contribution in [0.15, 0.2) is 35.2 Å². The van der Waals surface area contributed by atoms with Gasteiger partial charge in [-0.05, 0) is 49.5 Å². The Labute approximate surface area is 129 Å². The lowest BCUT2D eigenvalue weighted by Gasteiger charge is -2.23. The molecule has 0 aliphatic carbocycles. The summed E-state index contributed by atoms with van der Waals surface area (Å²) in [4.78, 5) is 18.3. The van der Waals surface area contributed by atoms with E-state index in [0.29, 0.717) is 18.2 Å². The molecule has 0 spiro atoms. The third kappa shape index (κ3) is 3.33. The zero-order valence-electron chi connectivity index (χ0n) is 12.7. The summed E-state index contributed by atoms with van der Waals surface area (Å²) < 4.78 is 4.79. The fourth-order valence-electron chi connectivity index (χ4n) is 2.80. The number of nitrogens with one attached hydrogen (secondary N) is 1. The SMILES string of the molecule is CN(Cc1ccon1)C(=O)c1cc(C2CCNCC2)ccn1. The van der Waals surface area contributed by atoms with Crippen LogP contribution in [0.25, 0.3) is 0 Å². The highest BCUT2D eigenvalue weighted by Crippen LogP contribution is 2.25. The standard InChI is InChI=1S/C16H20N4O2/c1-20(11-14-5-9-22-19-14)16(21)15-10-13(4-8-18-15)12-2-6-17-7-3-12/h4-5,8-10,12,17H,2-3,6-7,11H2,1H3. The highest BCUT2D eigenvalue weighted by molar-refractivity contribution is 5.92. The molecule has 6 heteroatoms. The Morgan fingerprint density at radius 2 is 2.23 bits per heavy atom. The van der Waals surface area contributed by atoms with Gasteiger partial charge in [0.2, 0.25) is 0 Å². The lowest BCUT2D eigenvalue weighted by atomic mass is 9.90. The topological polar surface area (TPSA) is 71.3 Å². The van der Waals surface area contributed by atoms with Crippen LogP contribution in [0.5, 0.6) is 0 Å². The molecule has 0 unspecified atom stereocenters. The van der Waals surface area contributed by atoms with Gasteiger partial charge in [0.05, 0.1) is 6.54 Å². The van der Waals surface area contributed by atoms with Crippen LogP contribution in [0.4, 0.5) is 0 Å². The minimum Gasteiger partial charge on any atom is -0.364 e. The van der Waals surface area contributed by atoms with Crippen molar-refractivity contribution < 1.29 is 9.32 Å². The molecular weight excluding hydrogens is 280 g/mol. The molecule has 0 aromatic carbocycles. The molecule has 6 nitrogen and oxygen atoms in total. The summed E-state index contributed by atoms with van der Waals surface area (Å²) in [5.74, 6) is 0.412. The van der Waals surface area contributed by atoms with E-state index in [1.165, 1.54) is 11.8 Å². The van der Waals surface area contributed by atoms with Crippen molar-refractivity contribution in [3.05, 3.63) is 47.6 Å². The number of nitrogens with zero attached hydrogens (tertiary/aromatic N) is 3. The normalized spacial score (nSPS) is 15.7. The summed E-state index contributed by atoms with van der Waals surface area (Å²) in [5, 5.41) is 7.19. The number of hydrogen-bond acceptors (Lipinski definition) is 5. The summed E-state index contributed by atoms with van der Waals surface area (Å²) in [5.41, 5.74) is 2.42. The van der Waals surface area contributed by atoms with Gasteiger partial charge in [-0.2, -0.15) is 0 Å². The number of aromatic nitrogens is 2. The van der Waals surface area contributed by atoms with Crippen molar-refractivity contribution in [3.63, 3.8) is 0 Å². The minimum absolute atomic E-state index is 0.0983. The van der Waals surface area contributed by atoms with E-state index in [4.69, 9.17) is 4.52 Å². The zero-order chi connectivity index (χ0) is 15.4. The average Bonchev–Trinajstić information content (AvgIpc) is 3.08. The Bertz CT molecular complexity index is 621. The highest BCUT2D eigenvalue weighted by atomic mass is 16.5. The van der Waals surface area contributed by atoms with Crippen LogP contribution in [0.3, 0.4) is 0 Å². The second-order valence-electron chi connectivity index (χ2n) is 5.65. The van der Waals surface area contributed by atoms with Crippen molar-refractivity contribution in [1.29, 1.82) is 0 Å². The average molecular weight is 300 g/mol. The first kappa shape index (κ1) is 14.7. The summed E-state index contributed by atoms with van der Waals surface area (Å²) in [6, 6.07) is 5.70. The van der Waals surface area contributed by atoms with E-state index in [9.17, 15) is 4.79 Å². The van der Waals surface area contributed by atoms with Gasteiger partial charge in [0.15, 0.2) is 0 Å². The van der Waals surface area contributed by atoms with Crippen molar-refractivity contribution in [1.82, 2.24) is 20.4 Å². The third-order valence-electron chi connectivity index (χ3n) is 4.05. The predicted octanol–water partition coefficient (Wildman–Crippen LogP) is 1.81. The highest BCUT2D eigenvalue weighted by Gasteiger charge is 2.19. The van der Waals surface area contributed by atoms with Gasteiger partial charge < -0.3 is 14.7 Å². The molecular formula is C16H20N4O2. The molecule has 3 rings (SSSR count). The first-order valence-electron chi connectivity index (χ1n) is 7.55. The smallest absolute Gasteiger partial charge is 0.272 e. The second-order valence-corrected chi connectivity index (χ2v) is 5.65. The van der Waals surface area contributed by atoms with E-state index < -0.39 is 0 Å². The largest absolute Gasteiger partial charge is 0.364 e. The maximum absolute atomic E-state index is 12.5. The lowest BCUT2D eigenvalue weighted by molar-refractivity contribution is 0.0776. The maximum atomic E-state index is 12.5. The van der Waals surface area contributed by atoms with Crippen LogP contribution in [0.2, 0.25) is 0 Å². The number of piperidine rings is 1. The summed E-state index contributed by atoms with van der Waals surface area (Å²) in [6.45, 7) is 2.47. The van der Waals surface area contributed by atoms with Gasteiger partial charge in [0.1, 0.15) is 17.7 Å². The molecule has 3 heterocycles. The van der Waals surface area contributed by atoms with E-state index in [1.807, 2.05) is 12.1 Å². The number of amides is 1. The van der Waals surface area contributed by atoms with Crippen molar-refractivity contribution >= 4 is 5.91 Å². The van der Waals surface area contributed by atoms with Gasteiger partial charge in [-0.15, -0.1) is 0 Å². The molecule has 0 saturated carbocycles. The minimum atomic E-state index is -0.0983. The fraction of sp³-hybridized carbons (Fsp3) is 0.438. The van der Waals surface area contributed by atoms with Crippen molar-refractivity contribution in [3.8, 4) is 0 Å². The third-order valence-corrected chi connectivity index (χ3v) is 4.05. The molecule has 116 valence electrons. The summed E-state index contributed by atoms with van der Waals surface area (Å²) in [6.07, 6.45) is 5.44. The molecule has 0 radical (unpaired) electrons. The van der Waals surface area contributed by atoms with E-state index in [-0.39, 0.29) is 5.91 Å². The molecule has 1 saturated heterocycles. The van der Waals surface area contributed by atoms with Crippen LogP contribution in [0.1, 0.15) is 40.5 Å². The van der Waals surface area contributed by atoms with Gasteiger partial charge in [-0.1, -0.05) is 5.16 Å². The Morgan fingerprint density at radius 3 is 2.95 bits per heavy atom. The Balaban J connectivity index is 1.71. The molecule has 1 aliphatic heterocycles.